The molecule has 3 aromatic rings. The number of nitrogens with one attached hydrogen (secondary N) is 1. The lowest BCUT2D eigenvalue weighted by Crippen LogP contribution is -2.54. The molecule has 1 saturated heterocycles. The Morgan fingerprint density at radius 2 is 1.69 bits per heavy atom. The average molecular weight is 485 g/mol. The fraction of sp³-hybridized carbons (Fsp3) is 0.207. The maximum atomic E-state index is 13.3. The molecule has 3 aromatic carbocycles. The van der Waals surface area contributed by atoms with Crippen molar-refractivity contribution in [1.29, 1.82) is 0 Å². The van der Waals surface area contributed by atoms with Crippen molar-refractivity contribution < 1.29 is 23.9 Å². The number of nitrogens with zero attached hydrogens (tertiary/aromatic N) is 1. The van der Waals surface area contributed by atoms with Crippen LogP contribution in [0.4, 0.5) is 10.5 Å². The van der Waals surface area contributed by atoms with E-state index in [9.17, 15) is 14.4 Å². The van der Waals surface area contributed by atoms with Crippen LogP contribution in [0.1, 0.15) is 36.1 Å². The topological polar surface area (TPSA) is 84.9 Å². The molecule has 1 N–H and O–H groups in total. The van der Waals surface area contributed by atoms with Crippen molar-refractivity contribution >= 4 is 29.6 Å². The van der Waals surface area contributed by atoms with E-state index in [1.54, 1.807) is 30.3 Å². The Bertz CT molecular complexity index is 1340. The minimum absolute atomic E-state index is 0.142. The Morgan fingerprint density at radius 3 is 2.44 bits per heavy atom. The number of barbiturate groups is 1. The van der Waals surface area contributed by atoms with Gasteiger partial charge in [0.2, 0.25) is 0 Å². The summed E-state index contributed by atoms with van der Waals surface area (Å²) in [4.78, 5) is 39.5. The van der Waals surface area contributed by atoms with Gasteiger partial charge in [-0.3, -0.25) is 14.9 Å². The SMILES string of the molecule is CCOc1cc(/C=C2/C(=O)NC(=O)N(c3ccccc3CC)C2=O)ccc1OCc1cccc(C)c1. The van der Waals surface area contributed by atoms with Gasteiger partial charge in [-0.2, -0.15) is 0 Å². The van der Waals surface area contributed by atoms with Crippen molar-refractivity contribution in [3.8, 4) is 11.5 Å². The maximum absolute atomic E-state index is 13.3. The summed E-state index contributed by atoms with van der Waals surface area (Å²) in [6, 6.07) is 19.6. The summed E-state index contributed by atoms with van der Waals surface area (Å²) < 4.78 is 11.8. The summed E-state index contributed by atoms with van der Waals surface area (Å²) in [6.07, 6.45) is 2.08. The maximum Gasteiger partial charge on any atom is 0.335 e. The molecule has 0 radical (unpaired) electrons. The normalized spacial score (nSPS) is 14.7. The predicted octanol–water partition coefficient (Wildman–Crippen LogP) is 5.20. The molecule has 0 unspecified atom stereocenters. The molecule has 0 saturated carbocycles. The molecule has 1 aliphatic rings. The third kappa shape index (κ3) is 5.30. The highest BCUT2D eigenvalue weighted by Crippen LogP contribution is 2.31. The summed E-state index contributed by atoms with van der Waals surface area (Å²) in [5.74, 6) is -0.378. The van der Waals surface area contributed by atoms with Gasteiger partial charge in [-0.15, -0.1) is 0 Å². The monoisotopic (exact) mass is 484 g/mol. The molecule has 1 aliphatic heterocycles. The van der Waals surface area contributed by atoms with Crippen LogP contribution in [0.2, 0.25) is 0 Å². The number of carbonyl (C=O) groups excluding carboxylic acids is 3. The van der Waals surface area contributed by atoms with Crippen molar-refractivity contribution in [3.63, 3.8) is 0 Å². The van der Waals surface area contributed by atoms with Crippen molar-refractivity contribution in [1.82, 2.24) is 5.32 Å². The summed E-state index contributed by atoms with van der Waals surface area (Å²) >= 11 is 0. The van der Waals surface area contributed by atoms with Gasteiger partial charge in [-0.25, -0.2) is 9.69 Å². The van der Waals surface area contributed by atoms with Gasteiger partial charge in [0.05, 0.1) is 12.3 Å². The first-order valence-corrected chi connectivity index (χ1v) is 11.9. The van der Waals surface area contributed by atoms with E-state index in [2.05, 4.69) is 11.4 Å². The van der Waals surface area contributed by atoms with Gasteiger partial charge >= 0.3 is 6.03 Å². The molecule has 7 nitrogen and oxygen atoms in total. The van der Waals surface area contributed by atoms with Crippen molar-refractivity contribution in [2.75, 3.05) is 11.5 Å². The van der Waals surface area contributed by atoms with Gasteiger partial charge in [0.25, 0.3) is 11.8 Å². The Hall–Kier alpha value is -4.39. The quantitative estimate of drug-likeness (QED) is 0.351. The number of imide groups is 2. The number of hydrogen-bond acceptors (Lipinski definition) is 5. The van der Waals surface area contributed by atoms with Gasteiger partial charge in [-0.1, -0.05) is 61.0 Å². The molecule has 0 atom stereocenters. The summed E-state index contributed by atoms with van der Waals surface area (Å²) in [7, 11) is 0. The minimum Gasteiger partial charge on any atom is -0.490 e. The molecule has 4 rings (SSSR count). The second kappa shape index (κ2) is 10.9. The number of urea groups is 1. The zero-order chi connectivity index (χ0) is 25.7. The predicted molar refractivity (Wildman–Crippen MR) is 138 cm³/mol. The highest BCUT2D eigenvalue weighted by molar-refractivity contribution is 6.39. The smallest absolute Gasteiger partial charge is 0.335 e. The van der Waals surface area contributed by atoms with Crippen LogP contribution in [0.25, 0.3) is 6.08 Å². The first kappa shape index (κ1) is 24.7. The van der Waals surface area contributed by atoms with E-state index in [0.717, 1.165) is 21.6 Å². The molecule has 0 bridgehead atoms. The summed E-state index contributed by atoms with van der Waals surface area (Å²) in [5.41, 5.74) is 3.88. The molecule has 36 heavy (non-hydrogen) atoms. The standard InChI is InChI=1S/C29H28N2O5/c1-4-22-11-6-7-12-24(22)31-28(33)23(27(32)30-29(31)34)16-20-13-14-25(26(17-20)35-5-2)36-18-21-10-8-9-19(3)15-21/h6-17H,4-5,18H2,1-3H3,(H,30,32,34)/b23-16-. The summed E-state index contributed by atoms with van der Waals surface area (Å²) in [6.45, 7) is 6.61. The molecule has 0 spiro atoms. The van der Waals surface area contributed by atoms with E-state index in [0.29, 0.717) is 42.4 Å². The van der Waals surface area contributed by atoms with Crippen molar-refractivity contribution in [2.45, 2.75) is 33.8 Å². The third-order valence-electron chi connectivity index (χ3n) is 5.77. The van der Waals surface area contributed by atoms with Crippen molar-refractivity contribution in [2.24, 2.45) is 0 Å². The van der Waals surface area contributed by atoms with E-state index in [1.165, 1.54) is 6.08 Å². The molecule has 4 amide bonds. The van der Waals surface area contributed by atoms with E-state index < -0.39 is 17.8 Å². The molecule has 1 heterocycles. The fourth-order valence-electron chi connectivity index (χ4n) is 4.04. The number of para-hydroxylation sites is 1. The van der Waals surface area contributed by atoms with Crippen LogP contribution in [-0.2, 0) is 22.6 Å². The Labute approximate surface area is 210 Å². The second-order valence-electron chi connectivity index (χ2n) is 8.36. The Kier molecular flexibility index (Phi) is 7.49. The number of aryl methyl sites for hydroxylation is 2. The van der Waals surface area contributed by atoms with E-state index in [1.807, 2.05) is 51.1 Å². The minimum atomic E-state index is -0.766. The van der Waals surface area contributed by atoms with Crippen molar-refractivity contribution in [3.05, 3.63) is 94.6 Å². The van der Waals surface area contributed by atoms with Gasteiger partial charge in [0.15, 0.2) is 11.5 Å². The van der Waals surface area contributed by atoms with Crippen LogP contribution in [-0.4, -0.2) is 24.5 Å². The number of benzene rings is 3. The highest BCUT2D eigenvalue weighted by atomic mass is 16.5. The Balaban J connectivity index is 1.63. The van der Waals surface area contributed by atoms with Crippen LogP contribution in [0.5, 0.6) is 11.5 Å². The number of anilines is 1. The van der Waals surface area contributed by atoms with Gasteiger partial charge < -0.3 is 9.47 Å². The number of hydrogen-bond donors (Lipinski definition) is 1. The largest absolute Gasteiger partial charge is 0.490 e. The van der Waals surface area contributed by atoms with Gasteiger partial charge in [0.1, 0.15) is 12.2 Å². The summed E-state index contributed by atoms with van der Waals surface area (Å²) in [5, 5.41) is 2.28. The Morgan fingerprint density at radius 1 is 0.889 bits per heavy atom. The molecule has 1 fully saturated rings. The van der Waals surface area contributed by atoms with Crippen LogP contribution in [0, 0.1) is 6.92 Å². The van der Waals surface area contributed by atoms with Crippen LogP contribution < -0.4 is 19.7 Å². The number of carbonyl (C=O) groups is 3. The average Bonchev–Trinajstić information content (AvgIpc) is 2.86. The zero-order valence-electron chi connectivity index (χ0n) is 20.5. The molecule has 0 aromatic heterocycles. The third-order valence-corrected chi connectivity index (χ3v) is 5.77. The zero-order valence-corrected chi connectivity index (χ0v) is 20.5. The number of amides is 4. The van der Waals surface area contributed by atoms with Crippen LogP contribution in [0.3, 0.4) is 0 Å². The fourth-order valence-corrected chi connectivity index (χ4v) is 4.04. The molecular formula is C29H28N2O5. The van der Waals surface area contributed by atoms with Crippen LogP contribution in [0.15, 0.2) is 72.3 Å². The highest BCUT2D eigenvalue weighted by Gasteiger charge is 2.37. The molecule has 184 valence electrons. The lowest BCUT2D eigenvalue weighted by atomic mass is 10.0. The molecule has 0 aliphatic carbocycles. The van der Waals surface area contributed by atoms with Gasteiger partial charge in [-0.05, 0) is 61.2 Å². The lowest BCUT2D eigenvalue weighted by molar-refractivity contribution is -0.122. The first-order valence-electron chi connectivity index (χ1n) is 11.9. The second-order valence-corrected chi connectivity index (χ2v) is 8.36. The lowest BCUT2D eigenvalue weighted by Gasteiger charge is -2.28. The number of rotatable bonds is 8. The molecule has 7 heteroatoms. The van der Waals surface area contributed by atoms with E-state index in [-0.39, 0.29) is 5.57 Å². The van der Waals surface area contributed by atoms with Crippen LogP contribution >= 0.6 is 0 Å². The van der Waals surface area contributed by atoms with E-state index in [4.69, 9.17) is 9.47 Å². The molecular weight excluding hydrogens is 456 g/mol. The number of ether oxygens (including phenoxy) is 2. The van der Waals surface area contributed by atoms with Gasteiger partial charge in [0, 0.05) is 0 Å². The first-order chi connectivity index (χ1) is 17.4. The van der Waals surface area contributed by atoms with E-state index >= 15 is 0 Å².